The number of carboxylic acid groups (broad SMARTS) is 2. The number of carbonyl (C=O) groups is 5. The number of aliphatic carboxylic acids is 2. The Labute approximate surface area is 176 Å². The molecule has 0 bridgehead atoms. The van der Waals surface area contributed by atoms with Gasteiger partial charge < -0.3 is 46.5 Å². The van der Waals surface area contributed by atoms with E-state index in [1.54, 1.807) is 0 Å². The number of nitrogens with one attached hydrogen (secondary N) is 2. The maximum Gasteiger partial charge on any atom is 0.404 e. The largest absolute Gasteiger partial charge is 0.480 e. The smallest absolute Gasteiger partial charge is 0.404 e. The van der Waals surface area contributed by atoms with Crippen molar-refractivity contribution in [1.82, 2.24) is 15.6 Å². The summed E-state index contributed by atoms with van der Waals surface area (Å²) < 4.78 is 14.5. The maximum absolute atomic E-state index is 12.7. The fraction of sp³-hybridized carbons (Fsp3) is 0.429. The van der Waals surface area contributed by atoms with Crippen LogP contribution in [0.5, 0.6) is 0 Å². The number of amides is 3. The Bertz CT molecular complexity index is 893. The maximum atomic E-state index is 12.7. The first-order chi connectivity index (χ1) is 14.4. The number of aromatic nitrogens is 1. The number of carboxylic acids is 2. The van der Waals surface area contributed by atoms with Crippen molar-refractivity contribution in [2.75, 3.05) is 18.9 Å². The number of thiazole rings is 1. The van der Waals surface area contributed by atoms with Crippen molar-refractivity contribution in [1.29, 1.82) is 0 Å². The minimum Gasteiger partial charge on any atom is -0.480 e. The lowest BCUT2D eigenvalue weighted by molar-refractivity contribution is -0.177. The van der Waals surface area contributed by atoms with Crippen LogP contribution >= 0.6 is 11.3 Å². The number of anilines is 1. The summed E-state index contributed by atoms with van der Waals surface area (Å²) in [6.45, 7) is -1.75. The van der Waals surface area contributed by atoms with E-state index in [0.29, 0.717) is 0 Å². The van der Waals surface area contributed by atoms with Gasteiger partial charge in [0.1, 0.15) is 18.9 Å². The van der Waals surface area contributed by atoms with E-state index in [2.05, 4.69) is 20.4 Å². The van der Waals surface area contributed by atoms with Gasteiger partial charge in [0.25, 0.3) is 5.91 Å². The average Bonchev–Trinajstić information content (AvgIpc) is 3.12. The van der Waals surface area contributed by atoms with E-state index in [-0.39, 0.29) is 10.8 Å². The van der Waals surface area contributed by atoms with Gasteiger partial charge in [0, 0.05) is 5.38 Å². The molecule has 1 aromatic heterocycles. The number of nitrogens with two attached hydrogens (primary N) is 3. The predicted molar refractivity (Wildman–Crippen MR) is 97.9 cm³/mol. The van der Waals surface area contributed by atoms with Gasteiger partial charge in [0.15, 0.2) is 23.5 Å². The van der Waals surface area contributed by atoms with Crippen molar-refractivity contribution in [3.05, 3.63) is 11.1 Å². The standard InChI is InChI=1S/C14H18N6O10S/c15-12-18-5(3-31-12)14(17,29-2-6(21)22)11(26)19-7-8(23)20-9(7)30-4(10(24)25)1-28-13(16)27/h3-4,7,9H,1-2,17H2,(H2,15,18)(H2,16,27)(H,19,26)(H,20,23)(H,21,22)(H,24,25). The van der Waals surface area contributed by atoms with Gasteiger partial charge >= 0.3 is 18.0 Å². The summed E-state index contributed by atoms with van der Waals surface area (Å²) in [5.74, 6) is -4.92. The zero-order valence-corrected chi connectivity index (χ0v) is 16.3. The van der Waals surface area contributed by atoms with Crippen LogP contribution in [0.3, 0.4) is 0 Å². The van der Waals surface area contributed by atoms with Crippen LogP contribution in [0.2, 0.25) is 0 Å². The van der Waals surface area contributed by atoms with E-state index in [1.807, 2.05) is 0 Å². The molecule has 1 saturated heterocycles. The van der Waals surface area contributed by atoms with E-state index in [0.717, 1.165) is 11.3 Å². The monoisotopic (exact) mass is 462 g/mol. The van der Waals surface area contributed by atoms with Crippen molar-refractivity contribution in [3.63, 3.8) is 0 Å². The van der Waals surface area contributed by atoms with Crippen LogP contribution in [-0.4, -0.2) is 76.6 Å². The first kappa shape index (κ1) is 23.7. The molecule has 17 heteroatoms. The van der Waals surface area contributed by atoms with Gasteiger partial charge in [-0.25, -0.2) is 19.4 Å². The minimum absolute atomic E-state index is 0.0119. The van der Waals surface area contributed by atoms with Gasteiger partial charge in [0.05, 0.1) is 0 Å². The third kappa shape index (κ3) is 5.75. The van der Waals surface area contributed by atoms with E-state index in [4.69, 9.17) is 36.9 Å². The summed E-state index contributed by atoms with van der Waals surface area (Å²) in [5.41, 5.74) is 13.6. The van der Waals surface area contributed by atoms with Crippen LogP contribution in [0.1, 0.15) is 5.69 Å². The van der Waals surface area contributed by atoms with Gasteiger partial charge in [-0.05, 0) is 0 Å². The van der Waals surface area contributed by atoms with Crippen molar-refractivity contribution in [2.45, 2.75) is 24.1 Å². The van der Waals surface area contributed by atoms with Crippen LogP contribution in [0.25, 0.3) is 0 Å². The summed E-state index contributed by atoms with van der Waals surface area (Å²) >= 11 is 0.900. The molecule has 31 heavy (non-hydrogen) atoms. The Morgan fingerprint density at radius 1 is 1.35 bits per heavy atom. The highest BCUT2D eigenvalue weighted by Gasteiger charge is 2.48. The van der Waals surface area contributed by atoms with E-state index in [1.165, 1.54) is 5.38 Å². The molecule has 0 aliphatic carbocycles. The lowest BCUT2D eigenvalue weighted by Gasteiger charge is -2.39. The second-order valence-corrected chi connectivity index (χ2v) is 6.85. The molecule has 16 nitrogen and oxygen atoms in total. The van der Waals surface area contributed by atoms with Gasteiger partial charge in [-0.3, -0.25) is 15.3 Å². The molecule has 3 amide bonds. The first-order valence-corrected chi connectivity index (χ1v) is 9.10. The van der Waals surface area contributed by atoms with Crippen molar-refractivity contribution in [2.24, 2.45) is 11.5 Å². The Kier molecular flexibility index (Phi) is 7.28. The Hall–Kier alpha value is -3.54. The summed E-state index contributed by atoms with van der Waals surface area (Å²) in [6, 6.07) is -1.43. The molecular formula is C14H18N6O10S. The second kappa shape index (κ2) is 9.51. The molecule has 1 aromatic rings. The van der Waals surface area contributed by atoms with Crippen LogP contribution in [0.4, 0.5) is 9.93 Å². The number of rotatable bonds is 11. The predicted octanol–water partition coefficient (Wildman–Crippen LogP) is -3.56. The molecule has 2 heterocycles. The third-order valence-electron chi connectivity index (χ3n) is 3.78. The molecule has 10 N–H and O–H groups in total. The first-order valence-electron chi connectivity index (χ1n) is 8.22. The number of hydrogen-bond donors (Lipinski definition) is 7. The number of ether oxygens (including phenoxy) is 3. The number of nitrogens with zero attached hydrogens (tertiary/aromatic N) is 1. The second-order valence-electron chi connectivity index (χ2n) is 5.96. The van der Waals surface area contributed by atoms with E-state index in [9.17, 15) is 24.0 Å². The van der Waals surface area contributed by atoms with Crippen LogP contribution in [-0.2, 0) is 39.1 Å². The number of β-lactam (4-membered cyclic amide) rings is 1. The number of primary amides is 1. The average molecular weight is 462 g/mol. The van der Waals surface area contributed by atoms with Gasteiger partial charge in [-0.1, -0.05) is 0 Å². The molecule has 0 aromatic carbocycles. The molecule has 2 rings (SSSR count). The SMILES string of the molecule is NC(=O)OCC(OC1NC(=O)C1NC(=O)C(N)(OCC(=O)O)c1csc(N)n1)C(=O)O. The highest BCUT2D eigenvalue weighted by molar-refractivity contribution is 7.13. The lowest BCUT2D eigenvalue weighted by atomic mass is 10.1. The Morgan fingerprint density at radius 3 is 2.52 bits per heavy atom. The molecule has 0 saturated carbocycles. The zero-order valence-electron chi connectivity index (χ0n) is 15.5. The van der Waals surface area contributed by atoms with E-state index >= 15 is 0 Å². The molecule has 1 fully saturated rings. The highest BCUT2D eigenvalue weighted by Crippen LogP contribution is 2.25. The van der Waals surface area contributed by atoms with Crippen LogP contribution < -0.4 is 27.8 Å². The summed E-state index contributed by atoms with van der Waals surface area (Å²) in [7, 11) is 0. The zero-order chi connectivity index (χ0) is 23.3. The van der Waals surface area contributed by atoms with Crippen LogP contribution in [0, 0.1) is 0 Å². The summed E-state index contributed by atoms with van der Waals surface area (Å²) in [4.78, 5) is 61.1. The molecule has 170 valence electrons. The van der Waals surface area contributed by atoms with Crippen molar-refractivity contribution >= 4 is 46.3 Å². The normalized spacial score (nSPS) is 20.5. The molecule has 1 aliphatic rings. The molecule has 0 radical (unpaired) electrons. The summed E-state index contributed by atoms with van der Waals surface area (Å²) in [6.07, 6.45) is -4.32. The molecular weight excluding hydrogens is 444 g/mol. The van der Waals surface area contributed by atoms with Crippen molar-refractivity contribution in [3.8, 4) is 0 Å². The number of carbonyl (C=O) groups excluding carboxylic acids is 3. The number of nitrogen functional groups attached to an aromatic ring is 1. The fourth-order valence-corrected chi connectivity index (χ4v) is 2.86. The Morgan fingerprint density at radius 2 is 2.03 bits per heavy atom. The van der Waals surface area contributed by atoms with Gasteiger partial charge in [-0.15, -0.1) is 11.3 Å². The van der Waals surface area contributed by atoms with Crippen molar-refractivity contribution < 1.29 is 48.4 Å². The molecule has 1 aliphatic heterocycles. The quantitative estimate of drug-likeness (QED) is 0.124. The number of hydrogen-bond acceptors (Lipinski definition) is 12. The third-order valence-corrected chi connectivity index (χ3v) is 4.46. The minimum atomic E-state index is -2.44. The van der Waals surface area contributed by atoms with E-state index < -0.39 is 67.2 Å². The lowest BCUT2D eigenvalue weighted by Crippen LogP contribution is -2.73. The fourth-order valence-electron chi connectivity index (χ4n) is 2.25. The topological polar surface area (TPSA) is 269 Å². The molecule has 4 atom stereocenters. The van der Waals surface area contributed by atoms with Gasteiger partial charge in [0.2, 0.25) is 11.6 Å². The van der Waals surface area contributed by atoms with Crippen LogP contribution in [0.15, 0.2) is 5.38 Å². The Balaban J connectivity index is 2.13. The highest BCUT2D eigenvalue weighted by atomic mass is 32.1. The van der Waals surface area contributed by atoms with Gasteiger partial charge in [-0.2, -0.15) is 0 Å². The molecule has 0 spiro atoms. The summed E-state index contributed by atoms with van der Waals surface area (Å²) in [5, 5.41) is 23.6. The molecule has 4 unspecified atom stereocenters.